The van der Waals surface area contributed by atoms with Crippen LogP contribution in [0.15, 0.2) is 48.5 Å². The van der Waals surface area contributed by atoms with E-state index < -0.39 is 23.5 Å². The Balaban J connectivity index is 2.42. The van der Waals surface area contributed by atoms with E-state index in [1.165, 1.54) is 6.07 Å². The number of hydrogen-bond acceptors (Lipinski definition) is 1. The van der Waals surface area contributed by atoms with Crippen molar-refractivity contribution in [2.45, 2.75) is 12.3 Å². The van der Waals surface area contributed by atoms with Gasteiger partial charge in [-0.3, -0.25) is 4.79 Å². The van der Waals surface area contributed by atoms with Crippen LogP contribution >= 0.6 is 0 Å². The zero-order valence-corrected chi connectivity index (χ0v) is 10.0. The van der Waals surface area contributed by atoms with E-state index in [9.17, 15) is 13.6 Å². The predicted octanol–water partition coefficient (Wildman–Crippen LogP) is 3.57. The average molecular weight is 262 g/mol. The Bertz CT molecular complexity index is 582. The number of halogens is 2. The van der Waals surface area contributed by atoms with Gasteiger partial charge in [-0.25, -0.2) is 8.78 Å². The fourth-order valence-electron chi connectivity index (χ4n) is 2.02. The van der Waals surface area contributed by atoms with Crippen molar-refractivity contribution in [2.24, 2.45) is 0 Å². The third kappa shape index (κ3) is 3.16. The van der Waals surface area contributed by atoms with Gasteiger partial charge in [0.2, 0.25) is 0 Å². The van der Waals surface area contributed by atoms with E-state index in [0.29, 0.717) is 5.56 Å². The molecule has 2 rings (SSSR count). The van der Waals surface area contributed by atoms with E-state index in [-0.39, 0.29) is 6.42 Å². The number of carboxylic acid groups (broad SMARTS) is 1. The first-order chi connectivity index (χ1) is 9.08. The summed E-state index contributed by atoms with van der Waals surface area (Å²) in [7, 11) is 0. The number of benzene rings is 2. The first-order valence-corrected chi connectivity index (χ1v) is 5.79. The van der Waals surface area contributed by atoms with Crippen molar-refractivity contribution >= 4 is 5.97 Å². The lowest BCUT2D eigenvalue weighted by molar-refractivity contribution is -0.137. The molecule has 1 atom stereocenters. The fraction of sp³-hybridized carbons (Fsp3) is 0.133. The second-order valence-corrected chi connectivity index (χ2v) is 4.23. The van der Waals surface area contributed by atoms with Gasteiger partial charge in [0.15, 0.2) is 11.6 Å². The summed E-state index contributed by atoms with van der Waals surface area (Å²) >= 11 is 0. The lowest BCUT2D eigenvalue weighted by atomic mass is 9.88. The third-order valence-electron chi connectivity index (χ3n) is 2.93. The Hall–Kier alpha value is -2.23. The average Bonchev–Trinajstić information content (AvgIpc) is 2.40. The molecule has 0 aliphatic heterocycles. The SMILES string of the molecule is O=C(O)C[C@@H](c1ccccc1)c1ccc(F)c(F)c1. The van der Waals surface area contributed by atoms with Crippen LogP contribution in [0, 0.1) is 11.6 Å². The van der Waals surface area contributed by atoms with Crippen LogP contribution in [-0.4, -0.2) is 11.1 Å². The van der Waals surface area contributed by atoms with Crippen molar-refractivity contribution in [1.29, 1.82) is 0 Å². The van der Waals surface area contributed by atoms with Crippen LogP contribution in [0.4, 0.5) is 8.78 Å². The highest BCUT2D eigenvalue weighted by atomic mass is 19.2. The topological polar surface area (TPSA) is 37.3 Å². The summed E-state index contributed by atoms with van der Waals surface area (Å²) in [5.41, 5.74) is 1.21. The zero-order chi connectivity index (χ0) is 13.8. The molecule has 0 saturated carbocycles. The molecule has 2 aromatic rings. The fourth-order valence-corrected chi connectivity index (χ4v) is 2.02. The monoisotopic (exact) mass is 262 g/mol. The molecule has 4 heteroatoms. The Morgan fingerprint density at radius 3 is 2.26 bits per heavy atom. The van der Waals surface area contributed by atoms with Crippen LogP contribution < -0.4 is 0 Å². The van der Waals surface area contributed by atoms with Crippen molar-refractivity contribution in [3.8, 4) is 0 Å². The molecule has 0 aromatic heterocycles. The second-order valence-electron chi connectivity index (χ2n) is 4.23. The van der Waals surface area contributed by atoms with Gasteiger partial charge in [-0.1, -0.05) is 36.4 Å². The summed E-state index contributed by atoms with van der Waals surface area (Å²) in [5.74, 6) is -3.39. The minimum atomic E-state index is -0.987. The molecule has 1 N–H and O–H groups in total. The summed E-state index contributed by atoms with van der Waals surface area (Å²) < 4.78 is 26.2. The molecule has 0 radical (unpaired) electrons. The Kier molecular flexibility index (Phi) is 3.90. The largest absolute Gasteiger partial charge is 0.481 e. The van der Waals surface area contributed by atoms with Gasteiger partial charge in [-0.05, 0) is 23.3 Å². The molecule has 0 fully saturated rings. The highest BCUT2D eigenvalue weighted by Crippen LogP contribution is 2.28. The van der Waals surface area contributed by atoms with E-state index in [2.05, 4.69) is 0 Å². The van der Waals surface area contributed by atoms with Crippen LogP contribution in [0.5, 0.6) is 0 Å². The molecule has 0 amide bonds. The number of carboxylic acids is 1. The quantitative estimate of drug-likeness (QED) is 0.914. The number of rotatable bonds is 4. The van der Waals surface area contributed by atoms with Crippen LogP contribution in [0.25, 0.3) is 0 Å². The smallest absolute Gasteiger partial charge is 0.304 e. The van der Waals surface area contributed by atoms with Gasteiger partial charge in [-0.15, -0.1) is 0 Å². The summed E-state index contributed by atoms with van der Waals surface area (Å²) in [5, 5.41) is 8.96. The van der Waals surface area contributed by atoms with Crippen molar-refractivity contribution < 1.29 is 18.7 Å². The molecule has 0 aliphatic carbocycles. The van der Waals surface area contributed by atoms with Crippen LogP contribution in [-0.2, 0) is 4.79 Å². The second kappa shape index (κ2) is 5.61. The number of aliphatic carboxylic acids is 1. The highest BCUT2D eigenvalue weighted by molar-refractivity contribution is 5.69. The molecule has 0 bridgehead atoms. The molecular formula is C15H12F2O2. The molecule has 98 valence electrons. The maximum Gasteiger partial charge on any atom is 0.304 e. The summed E-state index contributed by atoms with van der Waals surface area (Å²) in [6, 6.07) is 12.4. The molecule has 0 saturated heterocycles. The molecule has 0 heterocycles. The minimum absolute atomic E-state index is 0.172. The normalized spacial score (nSPS) is 12.1. The number of carbonyl (C=O) groups is 1. The lowest BCUT2D eigenvalue weighted by Crippen LogP contribution is -2.08. The molecule has 2 aromatic carbocycles. The predicted molar refractivity (Wildman–Crippen MR) is 66.9 cm³/mol. The lowest BCUT2D eigenvalue weighted by Gasteiger charge is -2.16. The summed E-state index contributed by atoms with van der Waals surface area (Å²) in [6.45, 7) is 0. The third-order valence-corrected chi connectivity index (χ3v) is 2.93. The molecule has 19 heavy (non-hydrogen) atoms. The zero-order valence-electron chi connectivity index (χ0n) is 10.0. The van der Waals surface area contributed by atoms with E-state index in [0.717, 1.165) is 17.7 Å². The van der Waals surface area contributed by atoms with Crippen molar-refractivity contribution in [2.75, 3.05) is 0 Å². The minimum Gasteiger partial charge on any atom is -0.481 e. The van der Waals surface area contributed by atoms with Crippen LogP contribution in [0.1, 0.15) is 23.5 Å². The Labute approximate surface area is 109 Å². The van der Waals surface area contributed by atoms with Gasteiger partial charge >= 0.3 is 5.97 Å². The Morgan fingerprint density at radius 1 is 1.00 bits per heavy atom. The number of hydrogen-bond donors (Lipinski definition) is 1. The Morgan fingerprint density at radius 2 is 1.68 bits per heavy atom. The first kappa shape index (κ1) is 13.2. The maximum absolute atomic E-state index is 13.3. The van der Waals surface area contributed by atoms with Gasteiger partial charge in [0.05, 0.1) is 6.42 Å². The van der Waals surface area contributed by atoms with E-state index in [4.69, 9.17) is 5.11 Å². The van der Waals surface area contributed by atoms with E-state index in [1.54, 1.807) is 24.3 Å². The van der Waals surface area contributed by atoms with E-state index >= 15 is 0 Å². The first-order valence-electron chi connectivity index (χ1n) is 5.79. The molecule has 2 nitrogen and oxygen atoms in total. The van der Waals surface area contributed by atoms with Crippen LogP contribution in [0.3, 0.4) is 0 Å². The summed E-state index contributed by atoms with van der Waals surface area (Å²) in [4.78, 5) is 10.9. The van der Waals surface area contributed by atoms with Gasteiger partial charge in [-0.2, -0.15) is 0 Å². The van der Waals surface area contributed by atoms with Crippen molar-refractivity contribution in [1.82, 2.24) is 0 Å². The van der Waals surface area contributed by atoms with Gasteiger partial charge in [0.1, 0.15) is 0 Å². The van der Waals surface area contributed by atoms with Gasteiger partial charge < -0.3 is 5.11 Å². The summed E-state index contributed by atoms with van der Waals surface area (Å²) in [6.07, 6.45) is -0.172. The van der Waals surface area contributed by atoms with E-state index in [1.807, 2.05) is 6.07 Å². The standard InChI is InChI=1S/C15H12F2O2/c16-13-7-6-11(8-14(13)17)12(9-15(18)19)10-4-2-1-3-5-10/h1-8,12H,9H2,(H,18,19)/t12-/m0/s1. The molecule has 0 aliphatic rings. The molecule has 0 spiro atoms. The van der Waals surface area contributed by atoms with Gasteiger partial charge in [0.25, 0.3) is 0 Å². The van der Waals surface area contributed by atoms with Crippen LogP contribution in [0.2, 0.25) is 0 Å². The molecule has 0 unspecified atom stereocenters. The molecular weight excluding hydrogens is 250 g/mol. The van der Waals surface area contributed by atoms with Crippen molar-refractivity contribution in [3.05, 3.63) is 71.3 Å². The highest BCUT2D eigenvalue weighted by Gasteiger charge is 2.19. The van der Waals surface area contributed by atoms with Gasteiger partial charge in [0, 0.05) is 5.92 Å². The maximum atomic E-state index is 13.3. The van der Waals surface area contributed by atoms with Crippen molar-refractivity contribution in [3.63, 3.8) is 0 Å².